The Bertz CT molecular complexity index is 601. The van der Waals surface area contributed by atoms with E-state index < -0.39 is 0 Å². The number of ether oxygens (including phenoxy) is 1. The van der Waals surface area contributed by atoms with Gasteiger partial charge in [-0.25, -0.2) is 0 Å². The molecule has 2 aliphatic heterocycles. The van der Waals surface area contributed by atoms with Gasteiger partial charge in [0.25, 0.3) is 5.91 Å². The molecule has 0 aromatic heterocycles. The van der Waals surface area contributed by atoms with Crippen molar-refractivity contribution in [3.05, 3.63) is 33.8 Å². The Morgan fingerprint density at radius 3 is 2.62 bits per heavy atom. The molecule has 2 saturated heterocycles. The highest BCUT2D eigenvalue weighted by molar-refractivity contribution is 6.36. The molecule has 132 valence electrons. The molecule has 1 aromatic carbocycles. The maximum atomic E-state index is 12.9. The number of hydrogen-bond donors (Lipinski definition) is 0. The van der Waals surface area contributed by atoms with E-state index in [-0.39, 0.29) is 24.2 Å². The lowest BCUT2D eigenvalue weighted by Gasteiger charge is -2.38. The van der Waals surface area contributed by atoms with E-state index in [2.05, 4.69) is 18.7 Å². The monoisotopic (exact) mass is 370 g/mol. The van der Waals surface area contributed by atoms with Crippen LogP contribution in [0.15, 0.2) is 18.2 Å². The van der Waals surface area contributed by atoms with E-state index in [1.54, 1.807) is 18.2 Å². The quantitative estimate of drug-likeness (QED) is 0.812. The van der Waals surface area contributed by atoms with Gasteiger partial charge >= 0.3 is 0 Å². The van der Waals surface area contributed by atoms with Crippen LogP contribution in [0.3, 0.4) is 0 Å². The predicted molar refractivity (Wildman–Crippen MR) is 97.0 cm³/mol. The van der Waals surface area contributed by atoms with E-state index in [0.717, 1.165) is 39.0 Å². The van der Waals surface area contributed by atoms with Crippen molar-refractivity contribution in [3.8, 4) is 0 Å². The number of nitrogens with zero attached hydrogens (tertiary/aromatic N) is 2. The highest BCUT2D eigenvalue weighted by Gasteiger charge is 2.33. The highest BCUT2D eigenvalue weighted by atomic mass is 35.5. The van der Waals surface area contributed by atoms with Gasteiger partial charge in [-0.15, -0.1) is 0 Å². The first-order valence-electron chi connectivity index (χ1n) is 8.58. The van der Waals surface area contributed by atoms with Gasteiger partial charge in [-0.05, 0) is 44.9 Å². The Labute approximate surface area is 153 Å². The Morgan fingerprint density at radius 1 is 1.25 bits per heavy atom. The molecule has 0 bridgehead atoms. The van der Waals surface area contributed by atoms with Gasteiger partial charge in [0.15, 0.2) is 0 Å². The lowest BCUT2D eigenvalue weighted by atomic mass is 10.1. The van der Waals surface area contributed by atoms with Crippen molar-refractivity contribution in [1.29, 1.82) is 0 Å². The van der Waals surface area contributed by atoms with Gasteiger partial charge in [0, 0.05) is 37.2 Å². The number of halogens is 2. The van der Waals surface area contributed by atoms with Crippen molar-refractivity contribution in [2.75, 3.05) is 26.2 Å². The number of carbonyl (C=O) groups is 1. The fourth-order valence-corrected chi connectivity index (χ4v) is 4.33. The van der Waals surface area contributed by atoms with Crippen LogP contribution in [-0.2, 0) is 4.74 Å². The number of rotatable bonds is 3. The smallest absolute Gasteiger partial charge is 0.255 e. The molecule has 3 unspecified atom stereocenters. The van der Waals surface area contributed by atoms with E-state index in [9.17, 15) is 4.79 Å². The molecule has 2 aliphatic rings. The summed E-state index contributed by atoms with van der Waals surface area (Å²) in [4.78, 5) is 17.3. The van der Waals surface area contributed by atoms with Gasteiger partial charge in [0.1, 0.15) is 0 Å². The van der Waals surface area contributed by atoms with Gasteiger partial charge in [0.2, 0.25) is 0 Å². The lowest BCUT2D eigenvalue weighted by molar-refractivity contribution is -0.0715. The molecule has 0 saturated carbocycles. The topological polar surface area (TPSA) is 32.8 Å². The van der Waals surface area contributed by atoms with Crippen LogP contribution in [-0.4, -0.2) is 60.1 Å². The molecule has 2 heterocycles. The van der Waals surface area contributed by atoms with Crippen molar-refractivity contribution < 1.29 is 9.53 Å². The second-order valence-electron chi connectivity index (χ2n) is 6.89. The minimum Gasteiger partial charge on any atom is -0.373 e. The van der Waals surface area contributed by atoms with Crippen molar-refractivity contribution in [3.63, 3.8) is 0 Å². The van der Waals surface area contributed by atoms with E-state index in [0.29, 0.717) is 15.6 Å². The molecular formula is C18H24Cl2N2O2. The SMILES string of the molecule is CC1CN(CC2CCCN2C(=O)c2ccc(Cl)cc2Cl)CC(C)O1. The third-order valence-corrected chi connectivity index (χ3v) is 5.31. The van der Waals surface area contributed by atoms with Gasteiger partial charge < -0.3 is 9.64 Å². The van der Waals surface area contributed by atoms with E-state index in [1.807, 2.05) is 4.90 Å². The predicted octanol–water partition coefficient (Wildman–Crippen LogP) is 3.71. The largest absolute Gasteiger partial charge is 0.373 e. The zero-order valence-corrected chi connectivity index (χ0v) is 15.7. The first-order chi connectivity index (χ1) is 11.4. The van der Waals surface area contributed by atoms with Crippen molar-refractivity contribution in [2.45, 2.75) is 44.9 Å². The Kier molecular flexibility index (Phi) is 5.70. The molecule has 3 rings (SSSR count). The van der Waals surface area contributed by atoms with Crippen LogP contribution in [0, 0.1) is 0 Å². The number of benzene rings is 1. The number of likely N-dealkylation sites (tertiary alicyclic amines) is 1. The first-order valence-corrected chi connectivity index (χ1v) is 9.33. The molecule has 1 amide bonds. The van der Waals surface area contributed by atoms with Crippen LogP contribution in [0.4, 0.5) is 0 Å². The molecule has 6 heteroatoms. The summed E-state index contributed by atoms with van der Waals surface area (Å²) in [6.45, 7) is 7.74. The van der Waals surface area contributed by atoms with Crippen LogP contribution in [0.5, 0.6) is 0 Å². The fourth-order valence-electron chi connectivity index (χ4n) is 3.84. The molecule has 0 radical (unpaired) electrons. The van der Waals surface area contributed by atoms with Gasteiger partial charge in [0.05, 0.1) is 22.8 Å². The van der Waals surface area contributed by atoms with Crippen LogP contribution in [0.1, 0.15) is 37.0 Å². The van der Waals surface area contributed by atoms with Gasteiger partial charge in [-0.3, -0.25) is 9.69 Å². The van der Waals surface area contributed by atoms with Gasteiger partial charge in [-0.2, -0.15) is 0 Å². The average Bonchev–Trinajstić information content (AvgIpc) is 2.93. The standard InChI is InChI=1S/C18H24Cl2N2O2/c1-12-9-21(10-13(2)24-12)11-15-4-3-7-22(15)18(23)16-6-5-14(19)8-17(16)20/h5-6,8,12-13,15H,3-4,7,9-11H2,1-2H3. The molecule has 3 atom stereocenters. The maximum Gasteiger partial charge on any atom is 0.255 e. The zero-order valence-electron chi connectivity index (χ0n) is 14.2. The maximum absolute atomic E-state index is 12.9. The summed E-state index contributed by atoms with van der Waals surface area (Å²) in [5, 5.41) is 0.970. The number of morpholine rings is 1. The zero-order chi connectivity index (χ0) is 17.3. The number of hydrogen-bond acceptors (Lipinski definition) is 3. The van der Waals surface area contributed by atoms with Crippen LogP contribution in [0.2, 0.25) is 10.0 Å². The minimum absolute atomic E-state index is 0.00789. The second-order valence-corrected chi connectivity index (χ2v) is 7.74. The second kappa shape index (κ2) is 7.61. The fraction of sp³-hybridized carbons (Fsp3) is 0.611. The van der Waals surface area contributed by atoms with E-state index in [4.69, 9.17) is 27.9 Å². The van der Waals surface area contributed by atoms with E-state index >= 15 is 0 Å². The summed E-state index contributed by atoms with van der Waals surface area (Å²) in [6, 6.07) is 5.31. The molecule has 1 aromatic rings. The number of amides is 1. The summed E-state index contributed by atoms with van der Waals surface area (Å²) in [7, 11) is 0. The molecule has 2 fully saturated rings. The first kappa shape index (κ1) is 18.0. The Morgan fingerprint density at radius 2 is 1.96 bits per heavy atom. The van der Waals surface area contributed by atoms with Crippen molar-refractivity contribution >= 4 is 29.1 Å². The lowest BCUT2D eigenvalue weighted by Crippen LogP contribution is -2.50. The summed E-state index contributed by atoms with van der Waals surface area (Å²) in [5.74, 6) is 0.00789. The normalized spacial score (nSPS) is 28.3. The Hall–Kier alpha value is -0.810. The Balaban J connectivity index is 1.69. The summed E-state index contributed by atoms with van der Waals surface area (Å²) >= 11 is 12.2. The molecule has 4 nitrogen and oxygen atoms in total. The van der Waals surface area contributed by atoms with Crippen LogP contribution >= 0.6 is 23.2 Å². The molecule has 0 N–H and O–H groups in total. The summed E-state index contributed by atoms with van der Waals surface area (Å²) in [5.41, 5.74) is 0.539. The van der Waals surface area contributed by atoms with Gasteiger partial charge in [-0.1, -0.05) is 23.2 Å². The molecule has 24 heavy (non-hydrogen) atoms. The van der Waals surface area contributed by atoms with Crippen molar-refractivity contribution in [1.82, 2.24) is 9.80 Å². The third kappa shape index (κ3) is 4.05. The number of carbonyl (C=O) groups excluding carboxylic acids is 1. The third-order valence-electron chi connectivity index (χ3n) is 4.76. The molecule has 0 spiro atoms. The van der Waals surface area contributed by atoms with E-state index in [1.165, 1.54) is 0 Å². The minimum atomic E-state index is 0.00789. The van der Waals surface area contributed by atoms with Crippen molar-refractivity contribution in [2.24, 2.45) is 0 Å². The van der Waals surface area contributed by atoms with Crippen LogP contribution in [0.25, 0.3) is 0 Å². The highest BCUT2D eigenvalue weighted by Crippen LogP contribution is 2.27. The summed E-state index contributed by atoms with van der Waals surface area (Å²) in [6.07, 6.45) is 2.56. The average molecular weight is 371 g/mol. The molecule has 0 aliphatic carbocycles. The summed E-state index contributed by atoms with van der Waals surface area (Å²) < 4.78 is 5.80. The molecular weight excluding hydrogens is 347 g/mol. The van der Waals surface area contributed by atoms with Crippen LogP contribution < -0.4 is 0 Å².